The Morgan fingerprint density at radius 1 is 1.25 bits per heavy atom. The molecule has 2 fully saturated rings. The maximum Gasteiger partial charge on any atom is 0.326 e. The van der Waals surface area contributed by atoms with Crippen LogP contribution in [0.15, 0.2) is 30.3 Å². The van der Waals surface area contributed by atoms with Crippen molar-refractivity contribution in [3.05, 3.63) is 35.9 Å². The Hall–Kier alpha value is -2.90. The van der Waals surface area contributed by atoms with E-state index in [4.69, 9.17) is 4.74 Å². The summed E-state index contributed by atoms with van der Waals surface area (Å²) in [5.41, 5.74) is 0.0104. The van der Waals surface area contributed by atoms with Crippen molar-refractivity contribution in [3.8, 4) is 0 Å². The Morgan fingerprint density at radius 3 is 2.71 bits per heavy atom. The average molecular weight is 387 g/mol. The van der Waals surface area contributed by atoms with Crippen molar-refractivity contribution in [3.63, 3.8) is 0 Å². The Bertz CT molecular complexity index is 766. The SMILES string of the molecule is C[C@H]1CCCC[C@]12NC(=O)N(CC(=O)OCC(=O)NCc1ccccc1)C2=O. The minimum atomic E-state index is -0.914. The van der Waals surface area contributed by atoms with Crippen molar-refractivity contribution in [1.29, 1.82) is 0 Å². The molecule has 0 unspecified atom stereocenters. The van der Waals surface area contributed by atoms with E-state index in [1.54, 1.807) is 0 Å². The zero-order valence-electron chi connectivity index (χ0n) is 15.9. The third-order valence-corrected chi connectivity index (χ3v) is 5.49. The molecule has 0 radical (unpaired) electrons. The fourth-order valence-corrected chi connectivity index (χ4v) is 3.81. The van der Waals surface area contributed by atoms with E-state index in [1.807, 2.05) is 37.3 Å². The van der Waals surface area contributed by atoms with Crippen LogP contribution in [0.4, 0.5) is 4.79 Å². The summed E-state index contributed by atoms with van der Waals surface area (Å²) >= 11 is 0. The van der Waals surface area contributed by atoms with Crippen molar-refractivity contribution in [1.82, 2.24) is 15.5 Å². The van der Waals surface area contributed by atoms with E-state index in [2.05, 4.69) is 10.6 Å². The largest absolute Gasteiger partial charge is 0.454 e. The highest BCUT2D eigenvalue weighted by Gasteiger charge is 2.55. The van der Waals surface area contributed by atoms with Crippen molar-refractivity contribution >= 4 is 23.8 Å². The number of carbonyl (C=O) groups excluding carboxylic acids is 4. The molecule has 2 N–H and O–H groups in total. The summed E-state index contributed by atoms with van der Waals surface area (Å²) in [5.74, 6) is -1.61. The van der Waals surface area contributed by atoms with E-state index in [0.717, 1.165) is 29.7 Å². The zero-order valence-corrected chi connectivity index (χ0v) is 15.9. The highest BCUT2D eigenvalue weighted by Crippen LogP contribution is 2.38. The van der Waals surface area contributed by atoms with Gasteiger partial charge in [-0.3, -0.25) is 19.3 Å². The molecule has 0 bridgehead atoms. The molecule has 2 atom stereocenters. The van der Waals surface area contributed by atoms with Crippen LogP contribution in [0.5, 0.6) is 0 Å². The maximum atomic E-state index is 12.8. The Kier molecular flexibility index (Phi) is 5.96. The molecule has 4 amide bonds. The highest BCUT2D eigenvalue weighted by molar-refractivity contribution is 6.09. The smallest absolute Gasteiger partial charge is 0.326 e. The van der Waals surface area contributed by atoms with Gasteiger partial charge in [-0.25, -0.2) is 4.79 Å². The lowest BCUT2D eigenvalue weighted by atomic mass is 9.73. The number of hydrogen-bond donors (Lipinski definition) is 2. The number of nitrogens with zero attached hydrogens (tertiary/aromatic N) is 1. The van der Waals surface area contributed by atoms with Crippen LogP contribution in [-0.2, 0) is 25.7 Å². The summed E-state index contributed by atoms with van der Waals surface area (Å²) in [6, 6.07) is 8.75. The number of benzene rings is 1. The molecule has 1 aromatic carbocycles. The maximum absolute atomic E-state index is 12.8. The van der Waals surface area contributed by atoms with Crippen LogP contribution in [0.25, 0.3) is 0 Å². The summed E-state index contributed by atoms with van der Waals surface area (Å²) in [5, 5.41) is 5.42. The summed E-state index contributed by atoms with van der Waals surface area (Å²) in [6.07, 6.45) is 3.31. The third-order valence-electron chi connectivity index (χ3n) is 5.49. The number of amides is 4. The van der Waals surface area contributed by atoms with Gasteiger partial charge in [0.05, 0.1) is 0 Å². The van der Waals surface area contributed by atoms with E-state index in [-0.39, 0.29) is 11.8 Å². The molecule has 1 saturated carbocycles. The second-order valence-corrected chi connectivity index (χ2v) is 7.36. The fourth-order valence-electron chi connectivity index (χ4n) is 3.81. The molecule has 2 aliphatic rings. The number of imide groups is 1. The fraction of sp³-hybridized carbons (Fsp3) is 0.500. The van der Waals surface area contributed by atoms with E-state index in [1.165, 1.54) is 0 Å². The van der Waals surface area contributed by atoms with Gasteiger partial charge in [-0.1, -0.05) is 50.1 Å². The zero-order chi connectivity index (χ0) is 20.1. The van der Waals surface area contributed by atoms with Crippen LogP contribution in [0.2, 0.25) is 0 Å². The van der Waals surface area contributed by atoms with Gasteiger partial charge in [0.1, 0.15) is 12.1 Å². The van der Waals surface area contributed by atoms with E-state index in [0.29, 0.717) is 13.0 Å². The van der Waals surface area contributed by atoms with Gasteiger partial charge in [0.15, 0.2) is 6.61 Å². The highest BCUT2D eigenvalue weighted by atomic mass is 16.5. The van der Waals surface area contributed by atoms with Gasteiger partial charge in [-0.05, 0) is 24.3 Å². The predicted molar refractivity (Wildman–Crippen MR) is 99.9 cm³/mol. The van der Waals surface area contributed by atoms with E-state index >= 15 is 0 Å². The molecule has 0 aromatic heterocycles. The first-order valence-electron chi connectivity index (χ1n) is 9.53. The number of ether oxygens (including phenoxy) is 1. The number of urea groups is 1. The Labute approximate surface area is 163 Å². The first-order valence-corrected chi connectivity index (χ1v) is 9.53. The number of esters is 1. The lowest BCUT2D eigenvalue weighted by molar-refractivity contribution is -0.151. The number of rotatable bonds is 6. The van der Waals surface area contributed by atoms with Crippen LogP contribution >= 0.6 is 0 Å². The van der Waals surface area contributed by atoms with Crippen LogP contribution in [0.3, 0.4) is 0 Å². The van der Waals surface area contributed by atoms with E-state index < -0.39 is 36.6 Å². The lowest BCUT2D eigenvalue weighted by Crippen LogP contribution is -2.54. The monoisotopic (exact) mass is 387 g/mol. The van der Waals surface area contributed by atoms with Gasteiger partial charge < -0.3 is 15.4 Å². The summed E-state index contributed by atoms with van der Waals surface area (Å²) in [4.78, 5) is 49.8. The van der Waals surface area contributed by atoms with Crippen LogP contribution in [0, 0.1) is 5.92 Å². The van der Waals surface area contributed by atoms with Gasteiger partial charge in [-0.15, -0.1) is 0 Å². The minimum Gasteiger partial charge on any atom is -0.454 e. The molecular weight excluding hydrogens is 362 g/mol. The molecule has 150 valence electrons. The van der Waals surface area contributed by atoms with Gasteiger partial charge in [0.2, 0.25) is 0 Å². The molecule has 3 rings (SSSR count). The first kappa shape index (κ1) is 19.9. The minimum absolute atomic E-state index is 0.0162. The quantitative estimate of drug-likeness (QED) is 0.566. The summed E-state index contributed by atoms with van der Waals surface area (Å²) < 4.78 is 4.93. The second kappa shape index (κ2) is 8.41. The van der Waals surface area contributed by atoms with Gasteiger partial charge in [0.25, 0.3) is 11.8 Å². The molecule has 8 heteroatoms. The molecule has 1 saturated heterocycles. The van der Waals surface area contributed by atoms with Crippen molar-refractivity contribution in [2.24, 2.45) is 5.92 Å². The van der Waals surface area contributed by atoms with Crippen molar-refractivity contribution in [2.75, 3.05) is 13.2 Å². The first-order chi connectivity index (χ1) is 13.4. The molecule has 28 heavy (non-hydrogen) atoms. The molecule has 1 aromatic rings. The second-order valence-electron chi connectivity index (χ2n) is 7.36. The summed E-state index contributed by atoms with van der Waals surface area (Å²) in [7, 11) is 0. The molecular formula is C20H25N3O5. The Balaban J connectivity index is 1.47. The number of nitrogens with one attached hydrogen (secondary N) is 2. The molecule has 8 nitrogen and oxygen atoms in total. The average Bonchev–Trinajstić information content (AvgIpc) is 2.93. The summed E-state index contributed by atoms with van der Waals surface area (Å²) in [6.45, 7) is 1.31. The van der Waals surface area contributed by atoms with Crippen LogP contribution < -0.4 is 10.6 Å². The normalized spacial score (nSPS) is 24.2. The lowest BCUT2D eigenvalue weighted by Gasteiger charge is -2.36. The van der Waals surface area contributed by atoms with Gasteiger partial charge >= 0.3 is 12.0 Å². The predicted octanol–water partition coefficient (Wildman–Crippen LogP) is 1.35. The van der Waals surface area contributed by atoms with Crippen LogP contribution in [-0.4, -0.2) is 47.4 Å². The standard InChI is InChI=1S/C20H25N3O5/c1-14-7-5-6-10-20(14)18(26)23(19(27)22-20)12-17(25)28-13-16(24)21-11-15-8-3-2-4-9-15/h2-4,8-9,14H,5-7,10-13H2,1H3,(H,21,24)(H,22,27)/t14-,20-/m0/s1. The molecule has 1 aliphatic carbocycles. The topological polar surface area (TPSA) is 105 Å². The third kappa shape index (κ3) is 4.16. The Morgan fingerprint density at radius 2 is 2.00 bits per heavy atom. The van der Waals surface area contributed by atoms with Gasteiger partial charge in [0, 0.05) is 6.54 Å². The van der Waals surface area contributed by atoms with E-state index in [9.17, 15) is 19.2 Å². The number of carbonyl (C=O) groups is 4. The van der Waals surface area contributed by atoms with Crippen molar-refractivity contribution in [2.45, 2.75) is 44.7 Å². The van der Waals surface area contributed by atoms with Gasteiger partial charge in [-0.2, -0.15) is 0 Å². The van der Waals surface area contributed by atoms with Crippen molar-refractivity contribution < 1.29 is 23.9 Å². The molecule has 1 heterocycles. The molecule has 1 spiro atoms. The molecule has 1 aliphatic heterocycles. The number of hydrogen-bond acceptors (Lipinski definition) is 5. The van der Waals surface area contributed by atoms with Crippen LogP contribution in [0.1, 0.15) is 38.2 Å².